The third kappa shape index (κ3) is 3.41. The van der Waals surface area contributed by atoms with Crippen LogP contribution in [0.25, 0.3) is 10.9 Å². The lowest BCUT2D eigenvalue weighted by Crippen LogP contribution is -2.17. The summed E-state index contributed by atoms with van der Waals surface area (Å²) in [7, 11) is 0. The van der Waals surface area contributed by atoms with E-state index in [-0.39, 0.29) is 11.5 Å². The topological polar surface area (TPSA) is 94.5 Å². The fraction of sp³-hybridized carbons (Fsp3) is 0.227. The first kappa shape index (κ1) is 18.0. The van der Waals surface area contributed by atoms with Gasteiger partial charge in [-0.2, -0.15) is 5.10 Å². The molecule has 1 amide bonds. The molecule has 3 N–H and O–H groups in total. The first-order valence-corrected chi connectivity index (χ1v) is 9.32. The van der Waals surface area contributed by atoms with Gasteiger partial charge in [-0.1, -0.05) is 25.1 Å². The molecule has 0 aliphatic heterocycles. The normalized spacial score (nSPS) is 16.2. The quantitative estimate of drug-likeness (QED) is 0.479. The summed E-state index contributed by atoms with van der Waals surface area (Å²) < 4.78 is 0. The fourth-order valence-electron chi connectivity index (χ4n) is 3.76. The zero-order valence-electron chi connectivity index (χ0n) is 15.5. The molecule has 0 spiro atoms. The van der Waals surface area contributed by atoms with E-state index in [1.165, 1.54) is 30.0 Å². The number of aryl methyl sites for hydroxylation is 1. The highest BCUT2D eigenvalue weighted by atomic mass is 16.4. The molecule has 0 bridgehead atoms. The number of H-pyrrole nitrogens is 1. The number of carbonyl (C=O) groups excluding carboxylic acids is 1. The van der Waals surface area contributed by atoms with Gasteiger partial charge in [-0.05, 0) is 55.0 Å². The van der Waals surface area contributed by atoms with Gasteiger partial charge in [-0.3, -0.25) is 4.79 Å². The summed E-state index contributed by atoms with van der Waals surface area (Å²) in [6, 6.07) is 12.1. The molecule has 0 fully saturated rings. The van der Waals surface area contributed by atoms with E-state index in [0.29, 0.717) is 17.0 Å². The number of nitrogens with zero attached hydrogens (tertiary/aromatic N) is 1. The summed E-state index contributed by atoms with van der Waals surface area (Å²) in [6.07, 6.45) is 4.59. The molecule has 0 radical (unpaired) electrons. The zero-order chi connectivity index (χ0) is 19.7. The minimum absolute atomic E-state index is 0.134. The molecule has 1 aliphatic carbocycles. The Kier molecular flexibility index (Phi) is 4.69. The molecule has 6 nitrogen and oxygen atoms in total. The van der Waals surface area contributed by atoms with E-state index >= 15 is 0 Å². The van der Waals surface area contributed by atoms with Crippen molar-refractivity contribution in [2.75, 3.05) is 0 Å². The zero-order valence-corrected chi connectivity index (χ0v) is 15.5. The Morgan fingerprint density at radius 3 is 2.89 bits per heavy atom. The number of amides is 1. The molecular formula is C22H21N3O3. The maximum Gasteiger partial charge on any atom is 0.336 e. The summed E-state index contributed by atoms with van der Waals surface area (Å²) in [5.74, 6) is -0.724. The van der Waals surface area contributed by atoms with Crippen molar-refractivity contribution < 1.29 is 14.7 Å². The van der Waals surface area contributed by atoms with Crippen molar-refractivity contribution in [3.8, 4) is 0 Å². The van der Waals surface area contributed by atoms with Crippen molar-refractivity contribution in [3.05, 3.63) is 70.4 Å². The Bertz CT molecular complexity index is 1100. The predicted molar refractivity (Wildman–Crippen MR) is 108 cm³/mol. The van der Waals surface area contributed by atoms with Crippen LogP contribution < -0.4 is 5.43 Å². The van der Waals surface area contributed by atoms with Crippen LogP contribution in [0.4, 0.5) is 0 Å². The predicted octanol–water partition coefficient (Wildman–Crippen LogP) is 3.75. The second-order valence-corrected chi connectivity index (χ2v) is 7.28. The summed E-state index contributed by atoms with van der Waals surface area (Å²) in [6.45, 7) is 2.25. The second kappa shape index (κ2) is 7.31. The summed E-state index contributed by atoms with van der Waals surface area (Å²) >= 11 is 0. The first-order valence-electron chi connectivity index (χ1n) is 9.32. The van der Waals surface area contributed by atoms with Gasteiger partial charge in [0.2, 0.25) is 0 Å². The summed E-state index contributed by atoms with van der Waals surface area (Å²) in [5, 5.41) is 14.2. The van der Waals surface area contributed by atoms with E-state index in [1.54, 1.807) is 24.3 Å². The Morgan fingerprint density at radius 1 is 1.25 bits per heavy atom. The van der Waals surface area contributed by atoms with Crippen molar-refractivity contribution in [2.45, 2.75) is 26.2 Å². The number of aromatic amines is 1. The van der Waals surface area contributed by atoms with E-state index in [2.05, 4.69) is 22.4 Å². The molecule has 2 aromatic carbocycles. The molecule has 28 heavy (non-hydrogen) atoms. The number of benzene rings is 2. The van der Waals surface area contributed by atoms with Gasteiger partial charge in [-0.25, -0.2) is 10.2 Å². The van der Waals surface area contributed by atoms with Gasteiger partial charge in [0.25, 0.3) is 5.91 Å². The highest BCUT2D eigenvalue weighted by Crippen LogP contribution is 2.32. The number of fused-ring (bicyclic) bond motifs is 3. The number of aromatic carboxylic acids is 1. The maximum absolute atomic E-state index is 12.5. The summed E-state index contributed by atoms with van der Waals surface area (Å²) in [5.41, 5.74) is 7.21. The smallest absolute Gasteiger partial charge is 0.336 e. The number of hydrazone groups is 1. The molecule has 1 aromatic heterocycles. The van der Waals surface area contributed by atoms with Crippen molar-refractivity contribution in [3.63, 3.8) is 0 Å². The number of carboxylic acid groups (broad SMARTS) is 1. The van der Waals surface area contributed by atoms with E-state index in [1.807, 2.05) is 12.1 Å². The van der Waals surface area contributed by atoms with Crippen LogP contribution in [-0.2, 0) is 12.8 Å². The van der Waals surface area contributed by atoms with Gasteiger partial charge in [0.05, 0.1) is 11.8 Å². The maximum atomic E-state index is 12.5. The monoisotopic (exact) mass is 375 g/mol. The molecule has 0 saturated carbocycles. The number of carbonyl (C=O) groups is 2. The number of rotatable bonds is 4. The molecule has 1 heterocycles. The molecule has 4 rings (SSSR count). The third-order valence-corrected chi connectivity index (χ3v) is 5.26. The van der Waals surface area contributed by atoms with Gasteiger partial charge in [-0.15, -0.1) is 0 Å². The molecule has 0 saturated heterocycles. The van der Waals surface area contributed by atoms with Crippen molar-refractivity contribution >= 4 is 29.0 Å². The van der Waals surface area contributed by atoms with Crippen molar-refractivity contribution in [2.24, 2.45) is 11.0 Å². The van der Waals surface area contributed by atoms with Gasteiger partial charge < -0.3 is 10.1 Å². The van der Waals surface area contributed by atoms with Crippen LogP contribution in [0.15, 0.2) is 47.6 Å². The number of carboxylic acids is 1. The van der Waals surface area contributed by atoms with Gasteiger partial charge in [0, 0.05) is 27.7 Å². The molecule has 142 valence electrons. The molecule has 6 heteroatoms. The lowest BCUT2D eigenvalue weighted by molar-refractivity contribution is 0.0696. The van der Waals surface area contributed by atoms with E-state index in [0.717, 1.165) is 23.7 Å². The van der Waals surface area contributed by atoms with Crippen molar-refractivity contribution in [1.82, 2.24) is 10.4 Å². The van der Waals surface area contributed by atoms with Crippen LogP contribution in [0.1, 0.15) is 50.9 Å². The minimum atomic E-state index is -1.04. The SMILES string of the molecule is CC1CCc2[nH]c3ccc(C(=O)N/N=C\c4ccccc4C(=O)O)cc3c2C1. The van der Waals surface area contributed by atoms with Crippen LogP contribution in [0, 0.1) is 5.92 Å². The van der Waals surface area contributed by atoms with Crippen LogP contribution in [0.5, 0.6) is 0 Å². The summed E-state index contributed by atoms with van der Waals surface area (Å²) in [4.78, 5) is 27.2. The Hall–Kier alpha value is -3.41. The largest absolute Gasteiger partial charge is 0.478 e. The first-order chi connectivity index (χ1) is 13.5. The molecule has 1 aliphatic rings. The molecule has 3 aromatic rings. The van der Waals surface area contributed by atoms with Gasteiger partial charge in [0.1, 0.15) is 0 Å². The third-order valence-electron chi connectivity index (χ3n) is 5.26. The van der Waals surface area contributed by atoms with Crippen LogP contribution in [-0.4, -0.2) is 28.2 Å². The van der Waals surface area contributed by atoms with Crippen molar-refractivity contribution in [1.29, 1.82) is 0 Å². The average Bonchev–Trinajstić information content (AvgIpc) is 3.05. The second-order valence-electron chi connectivity index (χ2n) is 7.28. The lowest BCUT2D eigenvalue weighted by Gasteiger charge is -2.18. The Balaban J connectivity index is 1.55. The number of aromatic nitrogens is 1. The molecule has 1 unspecified atom stereocenters. The fourth-order valence-corrected chi connectivity index (χ4v) is 3.76. The van der Waals surface area contributed by atoms with Crippen LogP contribution in [0.2, 0.25) is 0 Å². The molecule has 1 atom stereocenters. The van der Waals surface area contributed by atoms with Crippen LogP contribution in [0.3, 0.4) is 0 Å². The number of hydrogen-bond donors (Lipinski definition) is 3. The Morgan fingerprint density at radius 2 is 2.07 bits per heavy atom. The lowest BCUT2D eigenvalue weighted by atomic mass is 9.87. The standard InChI is InChI=1S/C22H21N3O3/c1-13-6-8-19-17(10-13)18-11-14(7-9-20(18)24-19)21(26)25-23-12-15-4-2-3-5-16(15)22(27)28/h2-5,7,9,11-13,24H,6,8,10H2,1H3,(H,25,26)(H,27,28)/b23-12-. The van der Waals surface area contributed by atoms with E-state index in [4.69, 9.17) is 0 Å². The average molecular weight is 375 g/mol. The van der Waals surface area contributed by atoms with Gasteiger partial charge in [0.15, 0.2) is 0 Å². The van der Waals surface area contributed by atoms with E-state index < -0.39 is 5.97 Å². The highest BCUT2D eigenvalue weighted by molar-refractivity contribution is 6.01. The van der Waals surface area contributed by atoms with Crippen LogP contribution >= 0.6 is 0 Å². The van der Waals surface area contributed by atoms with E-state index in [9.17, 15) is 14.7 Å². The Labute approximate surface area is 162 Å². The highest BCUT2D eigenvalue weighted by Gasteiger charge is 2.20. The number of hydrogen-bond acceptors (Lipinski definition) is 3. The molecular weight excluding hydrogens is 354 g/mol. The number of nitrogens with one attached hydrogen (secondary N) is 2. The minimum Gasteiger partial charge on any atom is -0.478 e. The van der Waals surface area contributed by atoms with Gasteiger partial charge >= 0.3 is 5.97 Å².